The fourth-order valence-electron chi connectivity index (χ4n) is 4.02. The van der Waals surface area contributed by atoms with Gasteiger partial charge in [0.15, 0.2) is 0 Å². The van der Waals surface area contributed by atoms with Gasteiger partial charge in [0.05, 0.1) is 18.1 Å². The number of nitrogens with two attached hydrogens (primary N) is 1. The van der Waals surface area contributed by atoms with Crippen molar-refractivity contribution in [1.82, 2.24) is 4.98 Å². The highest BCUT2D eigenvalue weighted by molar-refractivity contribution is 7.89. The number of benzene rings is 2. The van der Waals surface area contributed by atoms with E-state index in [1.807, 2.05) is 0 Å². The van der Waals surface area contributed by atoms with E-state index in [9.17, 15) is 17.9 Å². The van der Waals surface area contributed by atoms with E-state index >= 15 is 0 Å². The Bertz CT molecular complexity index is 1210. The number of halogens is 1. The van der Waals surface area contributed by atoms with Crippen molar-refractivity contribution in [2.45, 2.75) is 25.2 Å². The summed E-state index contributed by atoms with van der Waals surface area (Å²) in [6, 6.07) is 11.2. The Morgan fingerprint density at radius 1 is 1.12 bits per heavy atom. The van der Waals surface area contributed by atoms with Gasteiger partial charge in [-0.1, -0.05) is 12.1 Å². The van der Waals surface area contributed by atoms with Crippen LogP contribution in [0.15, 0.2) is 42.5 Å². The molecule has 0 bridgehead atoms. The number of phenolic OH excluding ortho intramolecular Hbond substituents is 1. The van der Waals surface area contributed by atoms with Crippen molar-refractivity contribution >= 4 is 20.8 Å². The summed E-state index contributed by atoms with van der Waals surface area (Å²) in [6.45, 7) is 1.35. The summed E-state index contributed by atoms with van der Waals surface area (Å²) in [5.41, 5.74) is 2.50. The number of fused-ring (bicyclic) bond motifs is 1. The van der Waals surface area contributed by atoms with Gasteiger partial charge in [0.25, 0.3) is 0 Å². The van der Waals surface area contributed by atoms with E-state index in [-0.39, 0.29) is 36.3 Å². The Morgan fingerprint density at radius 2 is 1.84 bits per heavy atom. The predicted octanol–water partition coefficient (Wildman–Crippen LogP) is 3.70. The Kier molecular flexibility index (Phi) is 6.59. The Labute approximate surface area is 186 Å². The molecule has 2 heterocycles. The van der Waals surface area contributed by atoms with Crippen molar-refractivity contribution < 1.29 is 27.4 Å². The highest BCUT2D eigenvalue weighted by atomic mass is 32.2. The molecule has 9 heteroatoms. The third kappa shape index (κ3) is 5.17. The summed E-state index contributed by atoms with van der Waals surface area (Å²) in [4.78, 5) is 4.84. The van der Waals surface area contributed by atoms with Gasteiger partial charge in [-0.15, -0.1) is 0 Å². The number of aromatic hydroxyl groups is 1. The minimum absolute atomic E-state index is 0.0533. The zero-order valence-corrected chi connectivity index (χ0v) is 18.3. The number of hydrogen-bond donors (Lipinski definition) is 2. The maximum Gasteiger partial charge on any atom is 0.221 e. The quantitative estimate of drug-likeness (QED) is 0.520. The molecule has 1 aliphatic heterocycles. The van der Waals surface area contributed by atoms with Crippen LogP contribution >= 0.6 is 0 Å². The Morgan fingerprint density at radius 3 is 2.53 bits per heavy atom. The summed E-state index contributed by atoms with van der Waals surface area (Å²) in [5, 5.41) is 16.6. The first-order chi connectivity index (χ1) is 15.3. The number of primary sulfonamides is 1. The molecular formula is C23H25FN2O5S. The van der Waals surface area contributed by atoms with Gasteiger partial charge in [-0.2, -0.15) is 0 Å². The molecule has 3 N–H and O–H groups in total. The standard InChI is InChI=1S/C23H25FN2O5S/c24-17-4-2-15(3-5-17)21-19-7-6-18(27)14-20(19)23(31-10-1-13-32(25,28)29)26-22(21)16-8-11-30-12-9-16/h2-7,14,16,27H,1,8-13H2,(H2,25,28,29). The summed E-state index contributed by atoms with van der Waals surface area (Å²) in [5.74, 6) is -0.0356. The van der Waals surface area contributed by atoms with Gasteiger partial charge in [0.1, 0.15) is 11.6 Å². The molecule has 1 aromatic heterocycles. The molecule has 4 rings (SSSR count). The number of aromatic nitrogens is 1. The van der Waals surface area contributed by atoms with Crippen LogP contribution < -0.4 is 9.88 Å². The lowest BCUT2D eigenvalue weighted by Gasteiger charge is -2.26. The second-order valence-corrected chi connectivity index (χ2v) is 9.60. The number of phenols is 1. The molecule has 0 saturated carbocycles. The van der Waals surface area contributed by atoms with Gasteiger partial charge in [0, 0.05) is 30.1 Å². The maximum absolute atomic E-state index is 13.6. The third-order valence-corrected chi connectivity index (χ3v) is 6.39. The molecule has 32 heavy (non-hydrogen) atoms. The zero-order chi connectivity index (χ0) is 22.7. The molecule has 1 aliphatic rings. The van der Waals surface area contributed by atoms with E-state index in [0.717, 1.165) is 35.0 Å². The topological polar surface area (TPSA) is 112 Å². The molecule has 170 valence electrons. The molecule has 0 radical (unpaired) electrons. The van der Waals surface area contributed by atoms with Crippen LogP contribution in [-0.4, -0.2) is 44.1 Å². The molecule has 0 amide bonds. The van der Waals surface area contributed by atoms with Gasteiger partial charge in [-0.05, 0) is 60.5 Å². The fourth-order valence-corrected chi connectivity index (χ4v) is 4.54. The molecule has 0 unspecified atom stereocenters. The molecular weight excluding hydrogens is 435 g/mol. The number of sulfonamides is 1. The van der Waals surface area contributed by atoms with Crippen molar-refractivity contribution in [2.75, 3.05) is 25.6 Å². The van der Waals surface area contributed by atoms with E-state index in [1.165, 1.54) is 12.1 Å². The average molecular weight is 461 g/mol. The van der Waals surface area contributed by atoms with Gasteiger partial charge in [-0.3, -0.25) is 0 Å². The van der Waals surface area contributed by atoms with Crippen LogP contribution in [0.3, 0.4) is 0 Å². The lowest BCUT2D eigenvalue weighted by Crippen LogP contribution is -2.19. The van der Waals surface area contributed by atoms with Crippen LogP contribution in [0, 0.1) is 5.82 Å². The largest absolute Gasteiger partial charge is 0.508 e. The minimum Gasteiger partial charge on any atom is -0.508 e. The van der Waals surface area contributed by atoms with Crippen molar-refractivity contribution in [2.24, 2.45) is 5.14 Å². The molecule has 0 aliphatic carbocycles. The lowest BCUT2D eigenvalue weighted by atomic mass is 9.87. The van der Waals surface area contributed by atoms with Crippen molar-refractivity contribution in [1.29, 1.82) is 0 Å². The molecule has 2 aromatic carbocycles. The van der Waals surface area contributed by atoms with Crippen LogP contribution in [0.1, 0.15) is 30.9 Å². The number of pyridine rings is 1. The van der Waals surface area contributed by atoms with E-state index in [1.54, 1.807) is 30.3 Å². The fraction of sp³-hybridized carbons (Fsp3) is 0.348. The zero-order valence-electron chi connectivity index (χ0n) is 17.5. The molecule has 3 aromatic rings. The third-order valence-electron chi connectivity index (χ3n) is 5.53. The average Bonchev–Trinajstić information content (AvgIpc) is 2.77. The van der Waals surface area contributed by atoms with E-state index < -0.39 is 10.0 Å². The van der Waals surface area contributed by atoms with Crippen LogP contribution in [0.5, 0.6) is 11.6 Å². The normalized spacial score (nSPS) is 15.2. The maximum atomic E-state index is 13.6. The number of hydrogen-bond acceptors (Lipinski definition) is 6. The lowest BCUT2D eigenvalue weighted by molar-refractivity contribution is 0.0845. The minimum atomic E-state index is -3.58. The van der Waals surface area contributed by atoms with E-state index in [2.05, 4.69) is 0 Å². The summed E-state index contributed by atoms with van der Waals surface area (Å²) >= 11 is 0. The van der Waals surface area contributed by atoms with Gasteiger partial charge in [-0.25, -0.2) is 22.9 Å². The van der Waals surface area contributed by atoms with Crippen LogP contribution in [0.4, 0.5) is 4.39 Å². The summed E-state index contributed by atoms with van der Waals surface area (Å²) in [6.07, 6.45) is 1.79. The SMILES string of the molecule is NS(=O)(=O)CCCOc1nc(C2CCOCC2)c(-c2ccc(F)cc2)c2ccc(O)cc12. The van der Waals surface area contributed by atoms with Crippen molar-refractivity contribution in [3.63, 3.8) is 0 Å². The number of nitrogens with zero attached hydrogens (tertiary/aromatic N) is 1. The first kappa shape index (κ1) is 22.4. The summed E-state index contributed by atoms with van der Waals surface area (Å²) < 4.78 is 47.4. The van der Waals surface area contributed by atoms with Gasteiger partial charge in [0.2, 0.25) is 15.9 Å². The smallest absolute Gasteiger partial charge is 0.221 e. The molecule has 1 fully saturated rings. The highest BCUT2D eigenvalue weighted by Crippen LogP contribution is 2.42. The van der Waals surface area contributed by atoms with Crippen molar-refractivity contribution in [3.05, 3.63) is 54.0 Å². The van der Waals surface area contributed by atoms with Gasteiger partial charge < -0.3 is 14.6 Å². The first-order valence-electron chi connectivity index (χ1n) is 10.5. The Hall–Kier alpha value is -2.75. The number of ether oxygens (including phenoxy) is 2. The second-order valence-electron chi connectivity index (χ2n) is 7.87. The van der Waals surface area contributed by atoms with E-state index in [4.69, 9.17) is 19.6 Å². The van der Waals surface area contributed by atoms with Crippen molar-refractivity contribution in [3.8, 4) is 22.8 Å². The van der Waals surface area contributed by atoms with Gasteiger partial charge >= 0.3 is 0 Å². The summed E-state index contributed by atoms with van der Waals surface area (Å²) in [7, 11) is -3.58. The predicted molar refractivity (Wildman–Crippen MR) is 120 cm³/mol. The molecule has 1 saturated heterocycles. The number of rotatable bonds is 7. The van der Waals surface area contributed by atoms with Crippen LogP contribution in [-0.2, 0) is 14.8 Å². The highest BCUT2D eigenvalue weighted by Gasteiger charge is 2.25. The molecule has 7 nitrogen and oxygen atoms in total. The van der Waals surface area contributed by atoms with E-state index in [0.29, 0.717) is 24.5 Å². The van der Waals surface area contributed by atoms with Crippen LogP contribution in [0.25, 0.3) is 21.9 Å². The first-order valence-corrected chi connectivity index (χ1v) is 12.2. The second kappa shape index (κ2) is 9.40. The Balaban J connectivity index is 1.83. The molecule has 0 atom stereocenters. The monoisotopic (exact) mass is 460 g/mol. The van der Waals surface area contributed by atoms with Crippen LogP contribution in [0.2, 0.25) is 0 Å². The molecule has 0 spiro atoms.